The van der Waals surface area contributed by atoms with Crippen molar-refractivity contribution in [3.05, 3.63) is 11.3 Å². The van der Waals surface area contributed by atoms with Gasteiger partial charge in [-0.25, -0.2) is 0 Å². The molecule has 60 valence electrons. The molecule has 0 N–H and O–H groups in total. The Labute approximate surface area is 64.7 Å². The molecule has 0 aliphatic heterocycles. The van der Waals surface area contributed by atoms with Crippen molar-refractivity contribution in [1.82, 2.24) is 0 Å². The lowest BCUT2D eigenvalue weighted by molar-refractivity contribution is 0.287. The highest BCUT2D eigenvalue weighted by molar-refractivity contribution is 6.53. The minimum absolute atomic E-state index is 1.06. The average Bonchev–Trinajstić information content (AvgIpc) is 1.91. The lowest BCUT2D eigenvalue weighted by atomic mass is 10.4. The van der Waals surface area contributed by atoms with E-state index in [0.717, 1.165) is 6.42 Å². The van der Waals surface area contributed by atoms with Crippen molar-refractivity contribution in [2.75, 3.05) is 14.2 Å². The third-order valence-electron chi connectivity index (χ3n) is 1.33. The Bertz CT molecular complexity index is 108. The predicted molar refractivity (Wildman–Crippen MR) is 45.2 cm³/mol. The van der Waals surface area contributed by atoms with Gasteiger partial charge < -0.3 is 8.85 Å². The van der Waals surface area contributed by atoms with E-state index in [-0.39, 0.29) is 0 Å². The standard InChI is InChI=1S/C7H16O2Si/c1-5-6-7(2)10(8-3)9-4/h6,10H,5H2,1-4H3. The van der Waals surface area contributed by atoms with E-state index < -0.39 is 9.28 Å². The molecule has 3 heteroatoms. The molecule has 2 nitrogen and oxygen atoms in total. The van der Waals surface area contributed by atoms with E-state index in [1.807, 2.05) is 0 Å². The van der Waals surface area contributed by atoms with Gasteiger partial charge in [0, 0.05) is 14.2 Å². The normalized spacial score (nSPS) is 12.7. The molecular weight excluding hydrogens is 144 g/mol. The molecule has 10 heavy (non-hydrogen) atoms. The second-order valence-electron chi connectivity index (χ2n) is 2.16. The van der Waals surface area contributed by atoms with E-state index in [9.17, 15) is 0 Å². The fourth-order valence-corrected chi connectivity index (χ4v) is 2.25. The molecule has 0 heterocycles. The molecule has 0 aromatic rings. The van der Waals surface area contributed by atoms with Gasteiger partial charge in [0.05, 0.1) is 0 Å². The van der Waals surface area contributed by atoms with Gasteiger partial charge in [0.2, 0.25) is 0 Å². The molecule has 0 saturated heterocycles. The molecule has 0 unspecified atom stereocenters. The van der Waals surface area contributed by atoms with Crippen LogP contribution in [0.4, 0.5) is 0 Å². The van der Waals surface area contributed by atoms with Crippen molar-refractivity contribution in [2.24, 2.45) is 0 Å². The summed E-state index contributed by atoms with van der Waals surface area (Å²) < 4.78 is 10.3. The van der Waals surface area contributed by atoms with Crippen LogP contribution in [0.1, 0.15) is 20.3 Å². The molecule has 0 atom stereocenters. The zero-order valence-corrected chi connectivity index (χ0v) is 8.33. The van der Waals surface area contributed by atoms with Gasteiger partial charge in [0.1, 0.15) is 0 Å². The maximum absolute atomic E-state index is 5.16. The van der Waals surface area contributed by atoms with E-state index in [2.05, 4.69) is 19.9 Å². The second kappa shape index (κ2) is 5.65. The van der Waals surface area contributed by atoms with Crippen LogP contribution >= 0.6 is 0 Å². The SMILES string of the molecule is CCC=C(C)[SiH](OC)OC. The van der Waals surface area contributed by atoms with Crippen LogP contribution in [0.3, 0.4) is 0 Å². The first-order chi connectivity index (χ1) is 4.76. The van der Waals surface area contributed by atoms with E-state index in [4.69, 9.17) is 8.85 Å². The highest BCUT2D eigenvalue weighted by Gasteiger charge is 2.10. The summed E-state index contributed by atoms with van der Waals surface area (Å²) in [6, 6.07) is 0. The molecule has 0 saturated carbocycles. The van der Waals surface area contributed by atoms with Crippen LogP contribution in [0, 0.1) is 0 Å². The van der Waals surface area contributed by atoms with Crippen molar-refractivity contribution < 1.29 is 8.85 Å². The van der Waals surface area contributed by atoms with E-state index in [1.54, 1.807) is 14.2 Å². The van der Waals surface area contributed by atoms with Crippen molar-refractivity contribution in [1.29, 1.82) is 0 Å². The first kappa shape index (κ1) is 9.88. The molecule has 0 fully saturated rings. The van der Waals surface area contributed by atoms with Crippen LogP contribution in [0.2, 0.25) is 0 Å². The summed E-state index contributed by atoms with van der Waals surface area (Å²) in [6.45, 7) is 4.17. The van der Waals surface area contributed by atoms with E-state index in [1.165, 1.54) is 5.20 Å². The van der Waals surface area contributed by atoms with E-state index >= 15 is 0 Å². The van der Waals surface area contributed by atoms with Crippen LogP contribution in [0.25, 0.3) is 0 Å². The maximum atomic E-state index is 5.16. The quantitative estimate of drug-likeness (QED) is 0.579. The van der Waals surface area contributed by atoms with Gasteiger partial charge in [-0.05, 0) is 18.5 Å². The Kier molecular flexibility index (Phi) is 5.58. The topological polar surface area (TPSA) is 18.5 Å². The van der Waals surface area contributed by atoms with Crippen molar-refractivity contribution >= 4 is 9.28 Å². The Morgan fingerprint density at radius 1 is 1.40 bits per heavy atom. The largest absolute Gasteiger partial charge is 0.397 e. The summed E-state index contributed by atoms with van der Waals surface area (Å²) in [5, 5.41) is 1.27. The maximum Gasteiger partial charge on any atom is 0.350 e. The summed E-state index contributed by atoms with van der Waals surface area (Å²) in [6.07, 6.45) is 3.21. The van der Waals surface area contributed by atoms with Crippen LogP contribution < -0.4 is 0 Å². The molecule has 0 bridgehead atoms. The average molecular weight is 160 g/mol. The number of hydrogen-bond donors (Lipinski definition) is 0. The van der Waals surface area contributed by atoms with Crippen molar-refractivity contribution in [3.8, 4) is 0 Å². The van der Waals surface area contributed by atoms with Gasteiger partial charge in [-0.15, -0.1) is 0 Å². The Morgan fingerprint density at radius 2 is 1.90 bits per heavy atom. The molecule has 0 spiro atoms. The zero-order valence-electron chi connectivity index (χ0n) is 7.18. The van der Waals surface area contributed by atoms with Crippen molar-refractivity contribution in [3.63, 3.8) is 0 Å². The van der Waals surface area contributed by atoms with Crippen LogP contribution in [0.5, 0.6) is 0 Å². The monoisotopic (exact) mass is 160 g/mol. The summed E-state index contributed by atoms with van der Waals surface area (Å²) in [5.41, 5.74) is 0. The first-order valence-electron chi connectivity index (χ1n) is 3.48. The van der Waals surface area contributed by atoms with Gasteiger partial charge in [0.25, 0.3) is 0 Å². The van der Waals surface area contributed by atoms with Gasteiger partial charge in [0.15, 0.2) is 0 Å². The number of rotatable bonds is 4. The van der Waals surface area contributed by atoms with Gasteiger partial charge in [-0.3, -0.25) is 0 Å². The third-order valence-corrected chi connectivity index (χ3v) is 3.16. The first-order valence-corrected chi connectivity index (χ1v) is 5.00. The minimum Gasteiger partial charge on any atom is -0.397 e. The number of hydrogen-bond acceptors (Lipinski definition) is 2. The molecule has 0 aromatic heterocycles. The molecule has 0 aromatic carbocycles. The summed E-state index contributed by atoms with van der Waals surface area (Å²) >= 11 is 0. The van der Waals surface area contributed by atoms with Gasteiger partial charge >= 0.3 is 9.28 Å². The van der Waals surface area contributed by atoms with Crippen LogP contribution in [-0.4, -0.2) is 23.5 Å². The smallest absolute Gasteiger partial charge is 0.350 e. The zero-order chi connectivity index (χ0) is 7.98. The Morgan fingerprint density at radius 3 is 2.20 bits per heavy atom. The Balaban J connectivity index is 3.87. The van der Waals surface area contributed by atoms with Gasteiger partial charge in [-0.2, -0.15) is 0 Å². The van der Waals surface area contributed by atoms with Crippen molar-refractivity contribution in [2.45, 2.75) is 20.3 Å². The molecule has 0 amide bonds. The lowest BCUT2D eigenvalue weighted by Gasteiger charge is -2.10. The highest BCUT2D eigenvalue weighted by atomic mass is 28.3. The van der Waals surface area contributed by atoms with Crippen LogP contribution in [0.15, 0.2) is 11.3 Å². The second-order valence-corrected chi connectivity index (χ2v) is 4.68. The molecule has 0 radical (unpaired) electrons. The van der Waals surface area contributed by atoms with Crippen LogP contribution in [-0.2, 0) is 8.85 Å². The minimum atomic E-state index is -1.44. The fourth-order valence-electron chi connectivity index (χ4n) is 0.886. The molecule has 0 rings (SSSR count). The lowest BCUT2D eigenvalue weighted by Crippen LogP contribution is -2.20. The third kappa shape index (κ3) is 3.15. The van der Waals surface area contributed by atoms with E-state index in [0.29, 0.717) is 0 Å². The summed E-state index contributed by atoms with van der Waals surface area (Å²) in [5.74, 6) is 0. The molecule has 0 aliphatic rings. The molecule has 0 aliphatic carbocycles. The fraction of sp³-hybridized carbons (Fsp3) is 0.714. The molecular formula is C7H16O2Si. The van der Waals surface area contributed by atoms with Gasteiger partial charge in [-0.1, -0.05) is 13.0 Å². The Hall–Kier alpha value is -0.123. The summed E-state index contributed by atoms with van der Waals surface area (Å²) in [7, 11) is 1.96. The highest BCUT2D eigenvalue weighted by Crippen LogP contribution is 2.01. The predicted octanol–water partition coefficient (Wildman–Crippen LogP) is 1.40. The number of allylic oxidation sites excluding steroid dienone is 2. The summed E-state index contributed by atoms with van der Waals surface area (Å²) in [4.78, 5) is 0.